The van der Waals surface area contributed by atoms with E-state index < -0.39 is 6.04 Å². The van der Waals surface area contributed by atoms with Gasteiger partial charge in [0.2, 0.25) is 5.96 Å². The number of benzene rings is 2. The maximum Gasteiger partial charge on any atom is 0.259 e. The largest absolute Gasteiger partial charge is 0.467 e. The lowest BCUT2D eigenvalue weighted by Gasteiger charge is -2.37. The Labute approximate surface area is 202 Å². The van der Waals surface area contributed by atoms with E-state index >= 15 is 0 Å². The number of rotatable bonds is 7. The summed E-state index contributed by atoms with van der Waals surface area (Å²) in [5.74, 6) is 1.71. The summed E-state index contributed by atoms with van der Waals surface area (Å²) in [6.45, 7) is 2.76. The Morgan fingerprint density at radius 2 is 1.76 bits per heavy atom. The van der Waals surface area contributed by atoms with E-state index in [2.05, 4.69) is 36.1 Å². The van der Waals surface area contributed by atoms with Crippen molar-refractivity contribution in [1.29, 1.82) is 0 Å². The molecule has 2 aliphatic rings. The van der Waals surface area contributed by atoms with E-state index in [0.29, 0.717) is 19.0 Å². The fraction of sp³-hybridized carbons (Fsp3) is 0.379. The summed E-state index contributed by atoms with van der Waals surface area (Å²) in [6.07, 6.45) is 9.16. The van der Waals surface area contributed by atoms with Gasteiger partial charge in [0.1, 0.15) is 11.8 Å². The lowest BCUT2D eigenvalue weighted by atomic mass is 9.94. The van der Waals surface area contributed by atoms with Crippen LogP contribution in [0.1, 0.15) is 55.9 Å². The van der Waals surface area contributed by atoms with E-state index in [9.17, 15) is 4.79 Å². The Morgan fingerprint density at radius 1 is 0.971 bits per heavy atom. The van der Waals surface area contributed by atoms with Gasteiger partial charge in [0.25, 0.3) is 5.91 Å². The third kappa shape index (κ3) is 4.79. The second-order valence-corrected chi connectivity index (χ2v) is 9.33. The molecule has 1 aromatic heterocycles. The number of nitrogens with zero attached hydrogens (tertiary/aromatic N) is 3. The van der Waals surface area contributed by atoms with E-state index in [1.54, 1.807) is 6.26 Å². The Balaban J connectivity index is 1.55. The van der Waals surface area contributed by atoms with Crippen LogP contribution in [-0.4, -0.2) is 28.9 Å². The van der Waals surface area contributed by atoms with Crippen molar-refractivity contribution in [3.8, 4) is 0 Å². The number of aliphatic imine (C=N–C) groups is 1. The predicted molar refractivity (Wildman–Crippen MR) is 136 cm³/mol. The van der Waals surface area contributed by atoms with Gasteiger partial charge in [0.05, 0.1) is 18.5 Å². The van der Waals surface area contributed by atoms with Crippen molar-refractivity contribution in [1.82, 2.24) is 4.90 Å². The molecular formula is C29H33N3O2. The summed E-state index contributed by atoms with van der Waals surface area (Å²) < 4.78 is 5.74. The molecule has 1 aliphatic carbocycles. The monoisotopic (exact) mass is 455 g/mol. The van der Waals surface area contributed by atoms with Gasteiger partial charge < -0.3 is 9.32 Å². The minimum absolute atomic E-state index is 0.0485. The first kappa shape index (κ1) is 22.5. The third-order valence-corrected chi connectivity index (χ3v) is 7.00. The van der Waals surface area contributed by atoms with Crippen LogP contribution in [0.4, 0.5) is 5.69 Å². The van der Waals surface area contributed by atoms with E-state index in [1.165, 1.54) is 24.8 Å². The fourth-order valence-corrected chi connectivity index (χ4v) is 5.16. The first-order valence-corrected chi connectivity index (χ1v) is 12.6. The SMILES string of the molecule is CCc1cccc(N2C(=O)C(Cc3ccccc3)N=C2N(Cc2ccco2)C2CCCCC2)c1. The van der Waals surface area contributed by atoms with E-state index in [0.717, 1.165) is 42.2 Å². The Kier molecular flexibility index (Phi) is 6.79. The zero-order valence-electron chi connectivity index (χ0n) is 19.9. The van der Waals surface area contributed by atoms with Gasteiger partial charge in [-0.05, 0) is 54.7 Å². The average molecular weight is 456 g/mol. The maximum absolute atomic E-state index is 13.9. The van der Waals surface area contributed by atoms with Gasteiger partial charge in [-0.3, -0.25) is 4.79 Å². The maximum atomic E-state index is 13.9. The lowest BCUT2D eigenvalue weighted by molar-refractivity contribution is -0.118. The second kappa shape index (κ2) is 10.3. The highest BCUT2D eigenvalue weighted by Crippen LogP contribution is 2.31. The fourth-order valence-electron chi connectivity index (χ4n) is 5.16. The van der Waals surface area contributed by atoms with Gasteiger partial charge in [-0.2, -0.15) is 0 Å². The number of furan rings is 1. The number of carbonyl (C=O) groups excluding carboxylic acids is 1. The molecule has 2 aromatic carbocycles. The number of amides is 1. The van der Waals surface area contributed by atoms with Gasteiger partial charge in [-0.15, -0.1) is 0 Å². The van der Waals surface area contributed by atoms with E-state index in [1.807, 2.05) is 47.4 Å². The molecule has 1 atom stereocenters. The highest BCUT2D eigenvalue weighted by Gasteiger charge is 2.40. The number of aryl methyl sites for hydroxylation is 1. The van der Waals surface area contributed by atoms with Gasteiger partial charge in [-0.1, -0.05) is 68.7 Å². The van der Waals surface area contributed by atoms with Crippen molar-refractivity contribution >= 4 is 17.6 Å². The Bertz CT molecular complexity index is 1120. The number of guanidine groups is 1. The molecule has 176 valence electrons. The quantitative estimate of drug-likeness (QED) is 0.440. The lowest BCUT2D eigenvalue weighted by Crippen LogP contribution is -2.49. The number of carbonyl (C=O) groups is 1. The summed E-state index contributed by atoms with van der Waals surface area (Å²) >= 11 is 0. The molecule has 5 nitrogen and oxygen atoms in total. The molecule has 3 aromatic rings. The number of anilines is 1. The van der Waals surface area contributed by atoms with Crippen molar-refractivity contribution < 1.29 is 9.21 Å². The molecule has 1 amide bonds. The molecule has 0 saturated heterocycles. The molecule has 34 heavy (non-hydrogen) atoms. The van der Waals surface area contributed by atoms with Crippen LogP contribution < -0.4 is 4.90 Å². The van der Waals surface area contributed by atoms with Gasteiger partial charge in [-0.25, -0.2) is 9.89 Å². The molecule has 5 rings (SSSR count). The molecule has 0 bridgehead atoms. The van der Waals surface area contributed by atoms with Crippen LogP contribution in [0.2, 0.25) is 0 Å². The normalized spacial score (nSPS) is 18.9. The molecule has 0 N–H and O–H groups in total. The van der Waals surface area contributed by atoms with Crippen LogP contribution in [0.3, 0.4) is 0 Å². The summed E-state index contributed by atoms with van der Waals surface area (Å²) in [6, 6.07) is 22.4. The minimum Gasteiger partial charge on any atom is -0.467 e. The van der Waals surface area contributed by atoms with Crippen LogP contribution in [0.25, 0.3) is 0 Å². The third-order valence-electron chi connectivity index (χ3n) is 7.00. The topological polar surface area (TPSA) is 49.1 Å². The molecule has 1 saturated carbocycles. The van der Waals surface area contributed by atoms with Crippen LogP contribution in [0.15, 0.2) is 82.4 Å². The average Bonchev–Trinajstić information content (AvgIpc) is 3.51. The molecule has 1 fully saturated rings. The summed E-state index contributed by atoms with van der Waals surface area (Å²) in [4.78, 5) is 23.2. The van der Waals surface area contributed by atoms with Crippen molar-refractivity contribution in [2.45, 2.75) is 70.5 Å². The van der Waals surface area contributed by atoms with Crippen molar-refractivity contribution in [3.05, 3.63) is 89.9 Å². The Hall–Kier alpha value is -3.34. The van der Waals surface area contributed by atoms with Crippen LogP contribution in [-0.2, 0) is 24.2 Å². The standard InChI is InChI=1S/C29H33N3O2/c1-2-22-13-9-16-25(19-22)32-28(33)27(20-23-11-5-3-6-12-23)30-29(32)31(21-26-17-10-18-34-26)24-14-7-4-8-15-24/h3,5-6,9-13,16-19,24,27H,2,4,7-8,14-15,20-21H2,1H3. The summed E-state index contributed by atoms with van der Waals surface area (Å²) in [5.41, 5.74) is 3.24. The van der Waals surface area contributed by atoms with Gasteiger partial charge in [0.15, 0.2) is 0 Å². The van der Waals surface area contributed by atoms with Crippen molar-refractivity contribution in [3.63, 3.8) is 0 Å². The first-order valence-electron chi connectivity index (χ1n) is 12.6. The second-order valence-electron chi connectivity index (χ2n) is 9.33. The molecule has 1 aliphatic heterocycles. The van der Waals surface area contributed by atoms with E-state index in [-0.39, 0.29) is 5.91 Å². The minimum atomic E-state index is -0.426. The smallest absolute Gasteiger partial charge is 0.259 e. The van der Waals surface area contributed by atoms with E-state index in [4.69, 9.17) is 9.41 Å². The van der Waals surface area contributed by atoms with Gasteiger partial charge >= 0.3 is 0 Å². The molecule has 5 heteroatoms. The number of hydrogen-bond acceptors (Lipinski definition) is 4. The molecule has 2 heterocycles. The van der Waals surface area contributed by atoms with Crippen molar-refractivity contribution in [2.24, 2.45) is 4.99 Å². The Morgan fingerprint density at radius 3 is 2.50 bits per heavy atom. The predicted octanol–water partition coefficient (Wildman–Crippen LogP) is 5.99. The first-order chi connectivity index (χ1) is 16.7. The highest BCUT2D eigenvalue weighted by atomic mass is 16.3. The van der Waals surface area contributed by atoms with Gasteiger partial charge in [0, 0.05) is 12.5 Å². The summed E-state index contributed by atoms with van der Waals surface area (Å²) in [7, 11) is 0. The summed E-state index contributed by atoms with van der Waals surface area (Å²) in [5, 5.41) is 0. The van der Waals surface area contributed by atoms with Crippen LogP contribution in [0.5, 0.6) is 0 Å². The van der Waals surface area contributed by atoms with Crippen LogP contribution >= 0.6 is 0 Å². The number of hydrogen-bond donors (Lipinski definition) is 0. The molecule has 1 unspecified atom stereocenters. The molecular weight excluding hydrogens is 422 g/mol. The zero-order valence-corrected chi connectivity index (χ0v) is 19.9. The van der Waals surface area contributed by atoms with Crippen LogP contribution in [0, 0.1) is 0 Å². The highest BCUT2D eigenvalue weighted by molar-refractivity contribution is 6.22. The molecule has 0 radical (unpaired) electrons. The van der Waals surface area contributed by atoms with Crippen molar-refractivity contribution in [2.75, 3.05) is 4.90 Å². The zero-order chi connectivity index (χ0) is 23.3. The molecule has 0 spiro atoms.